The minimum atomic E-state index is -0.384. The molecule has 0 spiro atoms. The number of ketones is 1. The lowest BCUT2D eigenvalue weighted by molar-refractivity contribution is 0.0964. The van der Waals surface area contributed by atoms with Gasteiger partial charge in [-0.05, 0) is 35.4 Å². The number of carbonyl (C=O) groups excluding carboxylic acids is 1. The van der Waals surface area contributed by atoms with Crippen LogP contribution in [0, 0.1) is 0 Å². The monoisotopic (exact) mass is 388 g/mol. The van der Waals surface area contributed by atoms with Crippen LogP contribution in [0.15, 0.2) is 53.6 Å². The van der Waals surface area contributed by atoms with Gasteiger partial charge < -0.3 is 4.98 Å². The van der Waals surface area contributed by atoms with Crippen molar-refractivity contribution in [3.05, 3.63) is 76.0 Å². The number of aromatic amines is 1. The molecule has 0 atom stereocenters. The first-order valence-corrected chi connectivity index (χ1v) is 9.80. The Labute approximate surface area is 169 Å². The van der Waals surface area contributed by atoms with Crippen LogP contribution in [0.3, 0.4) is 0 Å². The molecule has 1 fully saturated rings. The quantitative estimate of drug-likeness (QED) is 0.671. The van der Waals surface area contributed by atoms with E-state index >= 15 is 0 Å². The summed E-state index contributed by atoms with van der Waals surface area (Å²) in [5, 5.41) is 0. The molecule has 1 aromatic carbocycles. The van der Waals surface area contributed by atoms with E-state index in [1.807, 2.05) is 0 Å². The third-order valence-corrected chi connectivity index (χ3v) is 5.52. The minimum Gasteiger partial charge on any atom is -0.304 e. The van der Waals surface area contributed by atoms with Crippen molar-refractivity contribution in [1.29, 1.82) is 0 Å². The highest BCUT2D eigenvalue weighted by atomic mass is 16.1. The fraction of sp³-hybridized carbons (Fsp3) is 0.348. The SMILES string of the molecule is CC(C)(C)c1ccc(C2(CC(=O)c3cc(=O)[nH]c(-c4ncccn4)n3)CC2)cc1. The summed E-state index contributed by atoms with van der Waals surface area (Å²) in [4.78, 5) is 40.2. The summed E-state index contributed by atoms with van der Waals surface area (Å²) in [6.07, 6.45) is 5.40. The molecule has 3 aromatic rings. The molecule has 1 aliphatic rings. The lowest BCUT2D eigenvalue weighted by atomic mass is 9.83. The highest BCUT2D eigenvalue weighted by Gasteiger charge is 2.46. The summed E-state index contributed by atoms with van der Waals surface area (Å²) in [7, 11) is 0. The lowest BCUT2D eigenvalue weighted by Crippen LogP contribution is -2.19. The van der Waals surface area contributed by atoms with Crippen molar-refractivity contribution in [2.75, 3.05) is 0 Å². The van der Waals surface area contributed by atoms with Crippen LogP contribution in [0.25, 0.3) is 11.6 Å². The normalized spacial score (nSPS) is 15.1. The first kappa shape index (κ1) is 19.2. The molecule has 2 aromatic heterocycles. The summed E-state index contributed by atoms with van der Waals surface area (Å²) in [5.74, 6) is 0.365. The Hall–Kier alpha value is -3.15. The van der Waals surface area contributed by atoms with Gasteiger partial charge >= 0.3 is 0 Å². The number of benzene rings is 1. The molecule has 0 unspecified atom stereocenters. The fourth-order valence-corrected chi connectivity index (χ4v) is 3.57. The van der Waals surface area contributed by atoms with Gasteiger partial charge in [0.15, 0.2) is 17.4 Å². The van der Waals surface area contributed by atoms with Gasteiger partial charge in [-0.15, -0.1) is 0 Å². The number of hydrogen-bond donors (Lipinski definition) is 1. The number of carbonyl (C=O) groups is 1. The summed E-state index contributed by atoms with van der Waals surface area (Å²) in [6, 6.07) is 11.5. The van der Waals surface area contributed by atoms with Crippen molar-refractivity contribution in [2.24, 2.45) is 0 Å². The van der Waals surface area contributed by atoms with Crippen molar-refractivity contribution in [1.82, 2.24) is 19.9 Å². The first-order valence-electron chi connectivity index (χ1n) is 9.80. The van der Waals surface area contributed by atoms with E-state index in [1.54, 1.807) is 18.5 Å². The first-order chi connectivity index (χ1) is 13.8. The molecule has 1 aliphatic carbocycles. The molecule has 4 rings (SSSR count). The van der Waals surface area contributed by atoms with E-state index in [0.29, 0.717) is 6.42 Å². The topological polar surface area (TPSA) is 88.6 Å². The van der Waals surface area contributed by atoms with E-state index < -0.39 is 0 Å². The van der Waals surface area contributed by atoms with Gasteiger partial charge in [-0.25, -0.2) is 15.0 Å². The maximum absolute atomic E-state index is 13.0. The van der Waals surface area contributed by atoms with Crippen molar-refractivity contribution in [3.8, 4) is 11.6 Å². The van der Waals surface area contributed by atoms with Crippen LogP contribution in [0.4, 0.5) is 0 Å². The second-order valence-corrected chi connectivity index (χ2v) is 8.76. The number of nitrogens with zero attached hydrogens (tertiary/aromatic N) is 3. The zero-order chi connectivity index (χ0) is 20.6. The molecule has 0 aliphatic heterocycles. The number of hydrogen-bond acceptors (Lipinski definition) is 5. The van der Waals surface area contributed by atoms with Crippen molar-refractivity contribution < 1.29 is 4.79 Å². The molecule has 1 saturated carbocycles. The van der Waals surface area contributed by atoms with Crippen molar-refractivity contribution in [2.45, 2.75) is 50.9 Å². The largest absolute Gasteiger partial charge is 0.304 e. The van der Waals surface area contributed by atoms with Gasteiger partial charge in [0.05, 0.1) is 0 Å². The van der Waals surface area contributed by atoms with Crippen LogP contribution >= 0.6 is 0 Å². The molecular weight excluding hydrogens is 364 g/mol. The second-order valence-electron chi connectivity index (χ2n) is 8.76. The van der Waals surface area contributed by atoms with Crippen LogP contribution < -0.4 is 5.56 Å². The van der Waals surface area contributed by atoms with Crippen molar-refractivity contribution >= 4 is 5.78 Å². The Morgan fingerprint density at radius 1 is 1.10 bits per heavy atom. The van der Waals surface area contributed by atoms with E-state index in [0.717, 1.165) is 12.8 Å². The summed E-state index contributed by atoms with van der Waals surface area (Å²) in [5.41, 5.74) is 2.17. The number of rotatable bonds is 5. The van der Waals surface area contributed by atoms with E-state index in [9.17, 15) is 9.59 Å². The highest BCUT2D eigenvalue weighted by Crippen LogP contribution is 2.51. The van der Waals surface area contributed by atoms with E-state index in [4.69, 9.17) is 0 Å². The number of nitrogens with one attached hydrogen (secondary N) is 1. The Morgan fingerprint density at radius 3 is 2.34 bits per heavy atom. The Morgan fingerprint density at radius 2 is 1.76 bits per heavy atom. The Balaban J connectivity index is 1.58. The molecule has 6 heteroatoms. The molecule has 0 bridgehead atoms. The van der Waals surface area contributed by atoms with Crippen LogP contribution in [-0.4, -0.2) is 25.7 Å². The molecule has 2 heterocycles. The van der Waals surface area contributed by atoms with Gasteiger partial charge in [-0.2, -0.15) is 0 Å². The zero-order valence-corrected chi connectivity index (χ0v) is 16.9. The summed E-state index contributed by atoms with van der Waals surface area (Å²) >= 11 is 0. The van der Waals surface area contributed by atoms with E-state index in [-0.39, 0.29) is 39.5 Å². The fourth-order valence-electron chi connectivity index (χ4n) is 3.57. The van der Waals surface area contributed by atoms with Crippen molar-refractivity contribution in [3.63, 3.8) is 0 Å². The molecule has 6 nitrogen and oxygen atoms in total. The third kappa shape index (κ3) is 4.01. The maximum Gasteiger partial charge on any atom is 0.251 e. The summed E-state index contributed by atoms with van der Waals surface area (Å²) < 4.78 is 0. The predicted molar refractivity (Wildman–Crippen MR) is 111 cm³/mol. The third-order valence-electron chi connectivity index (χ3n) is 5.52. The van der Waals surface area contributed by atoms with Gasteiger partial charge in [0.2, 0.25) is 0 Å². The average molecular weight is 388 g/mol. The van der Waals surface area contributed by atoms with Crippen LogP contribution in [0.2, 0.25) is 0 Å². The van der Waals surface area contributed by atoms with E-state index in [2.05, 4.69) is 65.0 Å². The summed E-state index contributed by atoms with van der Waals surface area (Å²) in [6.45, 7) is 6.56. The van der Waals surface area contributed by atoms with Gasteiger partial charge in [0.1, 0.15) is 5.69 Å². The van der Waals surface area contributed by atoms with Crippen LogP contribution in [-0.2, 0) is 10.8 Å². The molecule has 29 heavy (non-hydrogen) atoms. The smallest absolute Gasteiger partial charge is 0.251 e. The van der Waals surface area contributed by atoms with Crippen LogP contribution in [0.5, 0.6) is 0 Å². The molecule has 0 radical (unpaired) electrons. The highest BCUT2D eigenvalue weighted by molar-refractivity contribution is 5.95. The Bertz CT molecular complexity index is 1090. The van der Waals surface area contributed by atoms with Gasteiger partial charge in [-0.1, -0.05) is 45.0 Å². The molecule has 148 valence electrons. The molecular formula is C23H24N4O2. The molecule has 1 N–H and O–H groups in total. The number of Topliss-reactive ketones (excluding diaryl/α,β-unsaturated/α-hetero) is 1. The minimum absolute atomic E-state index is 0.0932. The van der Waals surface area contributed by atoms with Gasteiger partial charge in [-0.3, -0.25) is 9.59 Å². The second kappa shape index (κ2) is 7.03. The number of H-pyrrole nitrogens is 1. The standard InChI is InChI=1S/C23H24N4O2/c1-22(2,3)15-5-7-16(8-6-15)23(9-10-23)14-18(28)17-13-19(29)27-21(26-17)20-24-11-4-12-25-20/h4-8,11-13H,9-10,14H2,1-3H3,(H,26,27,29). The van der Waals surface area contributed by atoms with E-state index in [1.165, 1.54) is 17.2 Å². The average Bonchev–Trinajstić information content (AvgIpc) is 3.48. The van der Waals surface area contributed by atoms with Crippen LogP contribution in [0.1, 0.15) is 61.6 Å². The molecule has 0 amide bonds. The Kier molecular flexibility index (Phi) is 4.65. The van der Waals surface area contributed by atoms with Gasteiger partial charge in [0.25, 0.3) is 5.56 Å². The number of aromatic nitrogens is 4. The van der Waals surface area contributed by atoms with Gasteiger partial charge in [0, 0.05) is 30.3 Å². The predicted octanol–water partition coefficient (Wildman–Crippen LogP) is 3.83. The maximum atomic E-state index is 13.0. The molecule has 0 saturated heterocycles. The zero-order valence-electron chi connectivity index (χ0n) is 16.9. The lowest BCUT2D eigenvalue weighted by Gasteiger charge is -2.21.